The molecule has 1 aromatic rings. The largest absolute Gasteiger partial charge is 0.391 e. The quantitative estimate of drug-likeness (QED) is 0.862. The lowest BCUT2D eigenvalue weighted by Gasteiger charge is -2.36. The Bertz CT molecular complexity index is 780. The number of halogens is 1. The lowest BCUT2D eigenvalue weighted by atomic mass is 9.88. The molecule has 2 aliphatic heterocycles. The Labute approximate surface area is 164 Å². The van der Waals surface area contributed by atoms with Crippen LogP contribution in [0.5, 0.6) is 0 Å². The van der Waals surface area contributed by atoms with Crippen LogP contribution in [0.1, 0.15) is 31.2 Å². The Morgan fingerprint density at radius 3 is 2.64 bits per heavy atom. The molecular weight excluding hydrogens is 359 g/mol. The Hall–Kier alpha value is -1.95. The summed E-state index contributed by atoms with van der Waals surface area (Å²) in [6, 6.07) is 6.01. The summed E-state index contributed by atoms with van der Waals surface area (Å²) in [6.45, 7) is 1.90. The van der Waals surface area contributed by atoms with Gasteiger partial charge in [0.1, 0.15) is 5.82 Å². The van der Waals surface area contributed by atoms with E-state index < -0.39 is 0 Å². The minimum absolute atomic E-state index is 0.00143. The molecule has 2 heterocycles. The first-order valence-electron chi connectivity index (χ1n) is 10.5. The van der Waals surface area contributed by atoms with Crippen molar-refractivity contribution in [1.29, 1.82) is 0 Å². The summed E-state index contributed by atoms with van der Waals surface area (Å²) < 4.78 is 13.1. The summed E-state index contributed by atoms with van der Waals surface area (Å²) in [4.78, 5) is 29.7. The molecule has 5 rings (SSSR count). The lowest BCUT2D eigenvalue weighted by Crippen LogP contribution is -2.50. The zero-order chi connectivity index (χ0) is 19.4. The van der Waals surface area contributed by atoms with E-state index in [9.17, 15) is 19.1 Å². The number of nitrogens with zero attached hydrogens (tertiary/aromatic N) is 2. The Kier molecular flexibility index (Phi) is 4.42. The number of rotatable bonds is 3. The van der Waals surface area contributed by atoms with E-state index in [1.54, 1.807) is 17.0 Å². The van der Waals surface area contributed by atoms with Gasteiger partial charge in [-0.05, 0) is 61.1 Å². The van der Waals surface area contributed by atoms with E-state index in [2.05, 4.69) is 0 Å². The van der Waals surface area contributed by atoms with Crippen LogP contribution in [0.2, 0.25) is 0 Å². The van der Waals surface area contributed by atoms with Gasteiger partial charge in [0, 0.05) is 19.6 Å². The highest BCUT2D eigenvalue weighted by atomic mass is 19.1. The summed E-state index contributed by atoms with van der Waals surface area (Å²) in [5.41, 5.74) is 0.788. The van der Waals surface area contributed by atoms with Gasteiger partial charge in [0.05, 0.1) is 24.5 Å². The fourth-order valence-corrected chi connectivity index (χ4v) is 6.20. The first kappa shape index (κ1) is 18.1. The van der Waals surface area contributed by atoms with Crippen LogP contribution in [0.3, 0.4) is 0 Å². The molecule has 2 saturated heterocycles. The number of carbonyl (C=O) groups is 2. The molecule has 0 radical (unpaired) electrons. The molecule has 4 aliphatic rings. The van der Waals surface area contributed by atoms with Gasteiger partial charge in [-0.2, -0.15) is 0 Å². The highest BCUT2D eigenvalue weighted by Crippen LogP contribution is 2.55. The maximum Gasteiger partial charge on any atom is 0.227 e. The Morgan fingerprint density at radius 1 is 1.11 bits per heavy atom. The van der Waals surface area contributed by atoms with Crippen molar-refractivity contribution in [3.8, 4) is 0 Å². The number of piperidine rings is 1. The molecule has 150 valence electrons. The van der Waals surface area contributed by atoms with Crippen LogP contribution < -0.4 is 0 Å². The molecule has 2 amide bonds. The number of amides is 2. The summed E-state index contributed by atoms with van der Waals surface area (Å²) in [5.74, 6) is 1.04. The number of aliphatic hydroxyl groups excluding tert-OH is 1. The Balaban J connectivity index is 1.24. The van der Waals surface area contributed by atoms with Gasteiger partial charge in [-0.25, -0.2) is 4.39 Å². The number of aliphatic hydroxyl groups is 1. The van der Waals surface area contributed by atoms with E-state index in [1.807, 2.05) is 4.90 Å². The van der Waals surface area contributed by atoms with E-state index in [-0.39, 0.29) is 42.1 Å². The molecule has 0 spiro atoms. The van der Waals surface area contributed by atoms with Crippen LogP contribution >= 0.6 is 0 Å². The third-order valence-electron chi connectivity index (χ3n) is 7.52. The number of hydrogen-bond donors (Lipinski definition) is 1. The van der Waals surface area contributed by atoms with Crippen LogP contribution in [0.25, 0.3) is 0 Å². The number of hydrogen-bond acceptors (Lipinski definition) is 3. The molecule has 2 aliphatic carbocycles. The zero-order valence-electron chi connectivity index (χ0n) is 16.0. The number of fused-ring (bicyclic) bond motifs is 1. The molecular formula is C22H27FN2O3. The molecule has 6 heteroatoms. The van der Waals surface area contributed by atoms with Crippen molar-refractivity contribution in [2.24, 2.45) is 23.7 Å². The molecule has 6 unspecified atom stereocenters. The van der Waals surface area contributed by atoms with E-state index in [0.29, 0.717) is 30.8 Å². The van der Waals surface area contributed by atoms with E-state index in [4.69, 9.17) is 0 Å². The fraction of sp³-hybridized carbons (Fsp3) is 0.636. The van der Waals surface area contributed by atoms with Gasteiger partial charge in [0.15, 0.2) is 0 Å². The van der Waals surface area contributed by atoms with Gasteiger partial charge in [0.2, 0.25) is 11.8 Å². The molecule has 5 nitrogen and oxygen atoms in total. The van der Waals surface area contributed by atoms with Crippen molar-refractivity contribution in [2.75, 3.05) is 19.6 Å². The second-order valence-corrected chi connectivity index (χ2v) is 9.11. The standard InChI is InChI=1S/C22H27FN2O3/c23-17-5-3-13(4-6-17)8-19(26)24-7-1-2-14(11-24)22(28)25-12-16-9-15-10-18(16)20(25)21(15)27/h3-6,14-16,18,20-21,27H,1-2,7-12H2. The van der Waals surface area contributed by atoms with Crippen LogP contribution in [0, 0.1) is 29.5 Å². The number of carbonyl (C=O) groups excluding carboxylic acids is 2. The average Bonchev–Trinajstić information content (AvgIpc) is 3.32. The number of likely N-dealkylation sites (tertiary alicyclic amines) is 2. The molecule has 6 atom stereocenters. The smallest absolute Gasteiger partial charge is 0.227 e. The highest BCUT2D eigenvalue weighted by molar-refractivity contribution is 5.83. The van der Waals surface area contributed by atoms with Gasteiger partial charge in [-0.15, -0.1) is 0 Å². The van der Waals surface area contributed by atoms with E-state index in [1.165, 1.54) is 12.1 Å². The van der Waals surface area contributed by atoms with Crippen molar-refractivity contribution >= 4 is 11.8 Å². The summed E-state index contributed by atoms with van der Waals surface area (Å²) >= 11 is 0. The Morgan fingerprint density at radius 2 is 1.89 bits per heavy atom. The van der Waals surface area contributed by atoms with Crippen molar-refractivity contribution in [1.82, 2.24) is 9.80 Å². The van der Waals surface area contributed by atoms with Crippen LogP contribution in [0.4, 0.5) is 4.39 Å². The molecule has 0 aromatic heterocycles. The third kappa shape index (κ3) is 2.93. The summed E-state index contributed by atoms with van der Waals surface area (Å²) in [7, 11) is 0. The fourth-order valence-electron chi connectivity index (χ4n) is 6.20. The van der Waals surface area contributed by atoms with E-state index in [0.717, 1.165) is 37.8 Å². The minimum atomic E-state index is -0.368. The average molecular weight is 386 g/mol. The first-order valence-corrected chi connectivity index (χ1v) is 10.5. The molecule has 28 heavy (non-hydrogen) atoms. The third-order valence-corrected chi connectivity index (χ3v) is 7.52. The molecule has 4 fully saturated rings. The molecule has 1 aromatic carbocycles. The topological polar surface area (TPSA) is 60.9 Å². The normalized spacial score (nSPS) is 36.2. The second-order valence-electron chi connectivity index (χ2n) is 9.11. The van der Waals surface area contributed by atoms with Crippen molar-refractivity contribution in [3.63, 3.8) is 0 Å². The molecule has 2 saturated carbocycles. The zero-order valence-corrected chi connectivity index (χ0v) is 16.0. The van der Waals surface area contributed by atoms with Gasteiger partial charge >= 0.3 is 0 Å². The van der Waals surface area contributed by atoms with Gasteiger partial charge < -0.3 is 14.9 Å². The minimum Gasteiger partial charge on any atom is -0.391 e. The second kappa shape index (κ2) is 6.83. The number of benzene rings is 1. The van der Waals surface area contributed by atoms with Crippen LogP contribution in [-0.4, -0.2) is 58.5 Å². The predicted octanol–water partition coefficient (Wildman–Crippen LogP) is 1.83. The SMILES string of the molecule is O=C(Cc1ccc(F)cc1)N1CCCC(C(=O)N2CC3CC4CC3C2C4O)C1. The maximum absolute atomic E-state index is 13.3. The van der Waals surface area contributed by atoms with Crippen molar-refractivity contribution in [2.45, 2.75) is 44.2 Å². The lowest BCUT2D eigenvalue weighted by molar-refractivity contribution is -0.142. The van der Waals surface area contributed by atoms with Crippen LogP contribution in [-0.2, 0) is 16.0 Å². The highest BCUT2D eigenvalue weighted by Gasteiger charge is 2.60. The first-order chi connectivity index (χ1) is 13.5. The molecule has 1 N–H and O–H groups in total. The van der Waals surface area contributed by atoms with Gasteiger partial charge in [0.25, 0.3) is 0 Å². The molecule has 2 bridgehead atoms. The van der Waals surface area contributed by atoms with Gasteiger partial charge in [-0.3, -0.25) is 9.59 Å². The maximum atomic E-state index is 13.3. The predicted molar refractivity (Wildman–Crippen MR) is 101 cm³/mol. The van der Waals surface area contributed by atoms with Crippen LogP contribution in [0.15, 0.2) is 24.3 Å². The van der Waals surface area contributed by atoms with Crippen molar-refractivity contribution in [3.05, 3.63) is 35.6 Å². The summed E-state index contributed by atoms with van der Waals surface area (Å²) in [5, 5.41) is 10.6. The van der Waals surface area contributed by atoms with Gasteiger partial charge in [-0.1, -0.05) is 12.1 Å². The van der Waals surface area contributed by atoms with E-state index >= 15 is 0 Å². The van der Waals surface area contributed by atoms with Crippen molar-refractivity contribution < 1.29 is 19.1 Å². The summed E-state index contributed by atoms with van der Waals surface area (Å²) in [6.07, 6.45) is 3.61. The monoisotopic (exact) mass is 386 g/mol.